The second-order valence-corrected chi connectivity index (χ2v) is 4.32. The fourth-order valence-corrected chi connectivity index (χ4v) is 1.33. The molecule has 4 heteroatoms. The standard InChI is InChI=1S/C14H21N3O/c1-4-11(2)12(3)16-17-14(18)10-15-13-8-6-5-7-9-13/h5-9,11,15H,4,10H2,1-3H3,(H,17,18)/b16-12-/t11-/m0/s1. The van der Waals surface area contributed by atoms with Gasteiger partial charge in [-0.25, -0.2) is 5.43 Å². The molecule has 0 unspecified atom stereocenters. The van der Waals surface area contributed by atoms with E-state index in [0.29, 0.717) is 5.92 Å². The summed E-state index contributed by atoms with van der Waals surface area (Å²) in [6.45, 7) is 6.34. The predicted molar refractivity (Wildman–Crippen MR) is 75.6 cm³/mol. The van der Waals surface area contributed by atoms with Crippen LogP contribution in [0.25, 0.3) is 0 Å². The number of nitrogens with one attached hydrogen (secondary N) is 2. The fraction of sp³-hybridized carbons (Fsp3) is 0.429. The van der Waals surface area contributed by atoms with Crippen LogP contribution < -0.4 is 10.7 Å². The molecule has 0 aliphatic heterocycles. The maximum Gasteiger partial charge on any atom is 0.259 e. The number of carbonyl (C=O) groups is 1. The van der Waals surface area contributed by atoms with Crippen molar-refractivity contribution in [2.75, 3.05) is 11.9 Å². The number of hydrazone groups is 1. The number of rotatable bonds is 6. The highest BCUT2D eigenvalue weighted by Gasteiger charge is 2.04. The first-order chi connectivity index (χ1) is 8.63. The van der Waals surface area contributed by atoms with Crippen LogP contribution in [-0.2, 0) is 4.79 Å². The molecule has 0 saturated heterocycles. The molecular weight excluding hydrogens is 226 g/mol. The number of hydrogen-bond acceptors (Lipinski definition) is 3. The third-order valence-electron chi connectivity index (χ3n) is 2.91. The lowest BCUT2D eigenvalue weighted by Gasteiger charge is -2.08. The summed E-state index contributed by atoms with van der Waals surface area (Å²) in [5, 5.41) is 7.11. The van der Waals surface area contributed by atoms with Gasteiger partial charge < -0.3 is 5.32 Å². The molecule has 1 aromatic carbocycles. The lowest BCUT2D eigenvalue weighted by molar-refractivity contribution is -0.119. The average molecular weight is 247 g/mol. The zero-order valence-corrected chi connectivity index (χ0v) is 11.2. The molecule has 0 aromatic heterocycles. The van der Waals surface area contributed by atoms with Gasteiger partial charge in [-0.1, -0.05) is 32.0 Å². The molecule has 0 saturated carbocycles. The van der Waals surface area contributed by atoms with Crippen LogP contribution in [0.3, 0.4) is 0 Å². The minimum absolute atomic E-state index is 0.137. The van der Waals surface area contributed by atoms with Crippen molar-refractivity contribution in [2.24, 2.45) is 11.0 Å². The summed E-state index contributed by atoms with van der Waals surface area (Å²) in [5.74, 6) is 0.258. The van der Waals surface area contributed by atoms with Crippen molar-refractivity contribution in [1.29, 1.82) is 0 Å². The summed E-state index contributed by atoms with van der Waals surface area (Å²) in [6, 6.07) is 9.61. The van der Waals surface area contributed by atoms with Gasteiger partial charge in [-0.2, -0.15) is 5.10 Å². The van der Waals surface area contributed by atoms with Crippen molar-refractivity contribution in [1.82, 2.24) is 5.43 Å². The molecule has 1 rings (SSSR count). The Morgan fingerprint density at radius 1 is 1.33 bits per heavy atom. The SMILES string of the molecule is CC[C@H](C)/C(C)=N\NC(=O)CNc1ccccc1. The molecule has 1 amide bonds. The second-order valence-electron chi connectivity index (χ2n) is 4.32. The van der Waals surface area contributed by atoms with Gasteiger partial charge in [-0.05, 0) is 31.4 Å². The summed E-state index contributed by atoms with van der Waals surface area (Å²) in [5.41, 5.74) is 4.43. The molecule has 18 heavy (non-hydrogen) atoms. The van der Waals surface area contributed by atoms with Crippen molar-refractivity contribution >= 4 is 17.3 Å². The number of amides is 1. The lowest BCUT2D eigenvalue weighted by atomic mass is 10.1. The third kappa shape index (κ3) is 4.99. The number of anilines is 1. The fourth-order valence-electron chi connectivity index (χ4n) is 1.33. The monoisotopic (exact) mass is 247 g/mol. The van der Waals surface area contributed by atoms with E-state index in [1.165, 1.54) is 0 Å². The van der Waals surface area contributed by atoms with E-state index in [2.05, 4.69) is 29.7 Å². The number of para-hydroxylation sites is 1. The van der Waals surface area contributed by atoms with Gasteiger partial charge in [-0.15, -0.1) is 0 Å². The minimum Gasteiger partial charge on any atom is -0.376 e. The molecule has 0 spiro atoms. The van der Waals surface area contributed by atoms with Crippen LogP contribution in [0.1, 0.15) is 27.2 Å². The molecule has 4 nitrogen and oxygen atoms in total. The van der Waals surface area contributed by atoms with Gasteiger partial charge in [-0.3, -0.25) is 4.79 Å². The van der Waals surface area contributed by atoms with Gasteiger partial charge in [0.15, 0.2) is 0 Å². The molecule has 98 valence electrons. The van der Waals surface area contributed by atoms with E-state index >= 15 is 0 Å². The maximum atomic E-state index is 11.6. The highest BCUT2D eigenvalue weighted by atomic mass is 16.2. The van der Waals surface area contributed by atoms with E-state index in [4.69, 9.17) is 0 Å². The van der Waals surface area contributed by atoms with Crippen LogP contribution in [0.5, 0.6) is 0 Å². The van der Waals surface area contributed by atoms with Crippen LogP contribution >= 0.6 is 0 Å². The smallest absolute Gasteiger partial charge is 0.259 e. The van der Waals surface area contributed by atoms with E-state index in [9.17, 15) is 4.79 Å². The predicted octanol–water partition coefficient (Wildman–Crippen LogP) is 2.64. The van der Waals surface area contributed by atoms with Crippen molar-refractivity contribution in [2.45, 2.75) is 27.2 Å². The van der Waals surface area contributed by atoms with Gasteiger partial charge in [0.05, 0.1) is 6.54 Å². The molecular formula is C14H21N3O. The van der Waals surface area contributed by atoms with E-state index in [1.807, 2.05) is 37.3 Å². The summed E-state index contributed by atoms with van der Waals surface area (Å²) >= 11 is 0. The Morgan fingerprint density at radius 2 is 2.00 bits per heavy atom. The van der Waals surface area contributed by atoms with Gasteiger partial charge in [0.25, 0.3) is 5.91 Å². The first-order valence-corrected chi connectivity index (χ1v) is 6.25. The summed E-state index contributed by atoms with van der Waals surface area (Å²) in [6.07, 6.45) is 1.02. The van der Waals surface area contributed by atoms with Gasteiger partial charge in [0.2, 0.25) is 0 Å². The molecule has 2 N–H and O–H groups in total. The molecule has 0 aliphatic carbocycles. The Labute approximate surface area is 108 Å². The Morgan fingerprint density at radius 3 is 2.61 bits per heavy atom. The number of benzene rings is 1. The van der Waals surface area contributed by atoms with Gasteiger partial charge in [0.1, 0.15) is 0 Å². The molecule has 0 bridgehead atoms. The van der Waals surface area contributed by atoms with Crippen LogP contribution in [0, 0.1) is 5.92 Å². The van der Waals surface area contributed by atoms with E-state index < -0.39 is 0 Å². The van der Waals surface area contributed by atoms with Crippen molar-refractivity contribution < 1.29 is 4.79 Å². The molecule has 1 aromatic rings. The van der Waals surface area contributed by atoms with E-state index in [0.717, 1.165) is 17.8 Å². The molecule has 1 atom stereocenters. The minimum atomic E-state index is -0.137. The van der Waals surface area contributed by atoms with Crippen LogP contribution in [0.4, 0.5) is 5.69 Å². The third-order valence-corrected chi connectivity index (χ3v) is 2.91. The Hall–Kier alpha value is -1.84. The van der Waals surface area contributed by atoms with Crippen molar-refractivity contribution in [3.63, 3.8) is 0 Å². The van der Waals surface area contributed by atoms with Crippen LogP contribution in [0.15, 0.2) is 35.4 Å². The summed E-state index contributed by atoms with van der Waals surface area (Å²) < 4.78 is 0. The highest BCUT2D eigenvalue weighted by Crippen LogP contribution is 2.04. The van der Waals surface area contributed by atoms with E-state index in [-0.39, 0.29) is 12.5 Å². The first kappa shape index (κ1) is 14.2. The van der Waals surface area contributed by atoms with Crippen LogP contribution in [0.2, 0.25) is 0 Å². The van der Waals surface area contributed by atoms with Crippen molar-refractivity contribution in [3.8, 4) is 0 Å². The number of hydrogen-bond donors (Lipinski definition) is 2. The normalized spacial score (nSPS) is 12.9. The Kier molecular flexibility index (Phi) is 5.91. The first-order valence-electron chi connectivity index (χ1n) is 6.25. The van der Waals surface area contributed by atoms with Crippen LogP contribution in [-0.4, -0.2) is 18.2 Å². The topological polar surface area (TPSA) is 53.5 Å². The number of carbonyl (C=O) groups excluding carboxylic acids is 1. The summed E-state index contributed by atoms with van der Waals surface area (Å²) in [4.78, 5) is 11.6. The average Bonchev–Trinajstić information content (AvgIpc) is 2.42. The highest BCUT2D eigenvalue weighted by molar-refractivity contribution is 5.87. The molecule has 0 fully saturated rings. The Balaban J connectivity index is 2.34. The molecule has 0 radical (unpaired) electrons. The molecule has 0 heterocycles. The van der Waals surface area contributed by atoms with Crippen molar-refractivity contribution in [3.05, 3.63) is 30.3 Å². The largest absolute Gasteiger partial charge is 0.376 e. The van der Waals surface area contributed by atoms with Gasteiger partial charge >= 0.3 is 0 Å². The maximum absolute atomic E-state index is 11.6. The second kappa shape index (κ2) is 7.48. The quantitative estimate of drug-likeness (QED) is 0.600. The number of nitrogens with zero attached hydrogens (tertiary/aromatic N) is 1. The zero-order chi connectivity index (χ0) is 13.4. The lowest BCUT2D eigenvalue weighted by Crippen LogP contribution is -2.27. The summed E-state index contributed by atoms with van der Waals surface area (Å²) in [7, 11) is 0. The zero-order valence-electron chi connectivity index (χ0n) is 11.2. The van der Waals surface area contributed by atoms with Gasteiger partial charge in [0, 0.05) is 11.4 Å². The molecule has 0 aliphatic rings. The Bertz CT molecular complexity index is 401. The van der Waals surface area contributed by atoms with E-state index in [1.54, 1.807) is 0 Å².